The molecule has 1 aliphatic rings. The number of halogens is 1. The molecule has 0 bridgehead atoms. The summed E-state index contributed by atoms with van der Waals surface area (Å²) in [6, 6.07) is 5.20. The van der Waals surface area contributed by atoms with Gasteiger partial charge in [0.15, 0.2) is 0 Å². The van der Waals surface area contributed by atoms with E-state index in [0.717, 1.165) is 5.69 Å². The van der Waals surface area contributed by atoms with Gasteiger partial charge in [-0.2, -0.15) is 0 Å². The first kappa shape index (κ1) is 13.7. The normalized spacial score (nSPS) is 20.8. The number of carboxylic acids is 1. The SMILES string of the molecule is CN(C)c1ccc(Cl)cc1NC(=O)C1CC1C(=O)O. The fraction of sp³-hybridized carbons (Fsp3) is 0.385. The van der Waals surface area contributed by atoms with E-state index in [2.05, 4.69) is 5.32 Å². The van der Waals surface area contributed by atoms with Gasteiger partial charge >= 0.3 is 5.97 Å². The highest BCUT2D eigenvalue weighted by atomic mass is 35.5. The minimum Gasteiger partial charge on any atom is -0.481 e. The molecule has 0 saturated heterocycles. The van der Waals surface area contributed by atoms with E-state index in [4.69, 9.17) is 16.7 Å². The van der Waals surface area contributed by atoms with Crippen LogP contribution in [0.2, 0.25) is 5.02 Å². The average molecular weight is 283 g/mol. The lowest BCUT2D eigenvalue weighted by atomic mass is 10.2. The van der Waals surface area contributed by atoms with Gasteiger partial charge in [-0.25, -0.2) is 0 Å². The topological polar surface area (TPSA) is 69.6 Å². The van der Waals surface area contributed by atoms with E-state index < -0.39 is 17.8 Å². The van der Waals surface area contributed by atoms with E-state index in [1.54, 1.807) is 18.2 Å². The maximum absolute atomic E-state index is 11.9. The summed E-state index contributed by atoms with van der Waals surface area (Å²) in [5.74, 6) is -2.18. The van der Waals surface area contributed by atoms with Crippen LogP contribution in [0.25, 0.3) is 0 Å². The van der Waals surface area contributed by atoms with E-state index in [0.29, 0.717) is 17.1 Å². The first-order chi connectivity index (χ1) is 8.90. The Bertz CT molecular complexity index is 531. The Labute approximate surface area is 116 Å². The lowest BCUT2D eigenvalue weighted by Crippen LogP contribution is -2.19. The number of aliphatic carboxylic acids is 1. The van der Waals surface area contributed by atoms with Gasteiger partial charge in [-0.1, -0.05) is 11.6 Å². The third-order valence-corrected chi connectivity index (χ3v) is 3.38. The summed E-state index contributed by atoms with van der Waals surface area (Å²) in [6.45, 7) is 0. The maximum atomic E-state index is 11.9. The van der Waals surface area contributed by atoms with Crippen LogP contribution in [0.3, 0.4) is 0 Å². The van der Waals surface area contributed by atoms with Crippen molar-refractivity contribution in [1.29, 1.82) is 0 Å². The van der Waals surface area contributed by atoms with Crippen molar-refractivity contribution in [3.8, 4) is 0 Å². The Morgan fingerprint density at radius 3 is 2.58 bits per heavy atom. The largest absolute Gasteiger partial charge is 0.481 e. The van der Waals surface area contributed by atoms with Crippen molar-refractivity contribution in [2.45, 2.75) is 6.42 Å². The quantitative estimate of drug-likeness (QED) is 0.887. The summed E-state index contributed by atoms with van der Waals surface area (Å²) in [5.41, 5.74) is 1.42. The minimum absolute atomic E-state index is 0.266. The molecule has 1 fully saturated rings. The summed E-state index contributed by atoms with van der Waals surface area (Å²) < 4.78 is 0. The average Bonchev–Trinajstić information content (AvgIpc) is 3.08. The van der Waals surface area contributed by atoms with Crippen LogP contribution in [0.4, 0.5) is 11.4 Å². The van der Waals surface area contributed by atoms with Crippen LogP contribution in [0, 0.1) is 11.8 Å². The first-order valence-electron chi connectivity index (χ1n) is 5.90. The number of carboxylic acid groups (broad SMARTS) is 1. The third kappa shape index (κ3) is 2.98. The van der Waals surface area contributed by atoms with Crippen LogP contribution in [0.5, 0.6) is 0 Å². The van der Waals surface area contributed by atoms with Crippen LogP contribution in [-0.4, -0.2) is 31.1 Å². The van der Waals surface area contributed by atoms with Gasteiger partial charge in [0.1, 0.15) is 0 Å². The molecule has 2 rings (SSSR count). The standard InChI is InChI=1S/C13H15ClN2O3/c1-16(2)11-4-3-7(14)5-10(11)15-12(17)8-6-9(8)13(18)19/h3-5,8-9H,6H2,1-2H3,(H,15,17)(H,18,19). The fourth-order valence-corrected chi connectivity index (χ4v) is 2.15. The number of nitrogens with zero attached hydrogens (tertiary/aromatic N) is 1. The van der Waals surface area contributed by atoms with Gasteiger partial charge < -0.3 is 15.3 Å². The number of rotatable bonds is 4. The molecule has 102 valence electrons. The van der Waals surface area contributed by atoms with E-state index in [1.165, 1.54) is 0 Å². The number of carbonyl (C=O) groups excluding carboxylic acids is 1. The predicted octanol–water partition coefficient (Wildman–Crippen LogP) is 2.07. The molecule has 2 N–H and O–H groups in total. The van der Waals surface area contributed by atoms with Crippen LogP contribution in [-0.2, 0) is 9.59 Å². The Balaban J connectivity index is 2.13. The number of hydrogen-bond acceptors (Lipinski definition) is 3. The van der Waals surface area contributed by atoms with Crippen LogP contribution in [0.15, 0.2) is 18.2 Å². The van der Waals surface area contributed by atoms with E-state index >= 15 is 0 Å². The Hall–Kier alpha value is -1.75. The van der Waals surface area contributed by atoms with Crippen molar-refractivity contribution >= 4 is 34.9 Å². The van der Waals surface area contributed by atoms with Gasteiger partial charge in [0.25, 0.3) is 0 Å². The van der Waals surface area contributed by atoms with E-state index in [9.17, 15) is 9.59 Å². The minimum atomic E-state index is -0.918. The lowest BCUT2D eigenvalue weighted by molar-refractivity contribution is -0.139. The molecule has 1 aromatic rings. The number of carbonyl (C=O) groups is 2. The van der Waals surface area contributed by atoms with Crippen molar-refractivity contribution in [1.82, 2.24) is 0 Å². The molecule has 0 spiro atoms. The zero-order valence-corrected chi connectivity index (χ0v) is 11.4. The molecular weight excluding hydrogens is 268 g/mol. The highest BCUT2D eigenvalue weighted by molar-refractivity contribution is 6.31. The molecule has 1 aliphatic carbocycles. The van der Waals surface area contributed by atoms with Crippen LogP contribution >= 0.6 is 11.6 Å². The number of nitrogens with one attached hydrogen (secondary N) is 1. The van der Waals surface area contributed by atoms with E-state index in [-0.39, 0.29) is 5.91 Å². The molecule has 1 saturated carbocycles. The van der Waals surface area contributed by atoms with Gasteiger partial charge in [-0.3, -0.25) is 9.59 Å². The second-order valence-corrected chi connectivity index (χ2v) is 5.27. The molecule has 1 aromatic carbocycles. The molecule has 6 heteroatoms. The second-order valence-electron chi connectivity index (χ2n) is 4.83. The number of benzene rings is 1. The first-order valence-corrected chi connectivity index (χ1v) is 6.28. The van der Waals surface area contributed by atoms with Gasteiger partial charge in [-0.15, -0.1) is 0 Å². The molecule has 5 nitrogen and oxygen atoms in total. The third-order valence-electron chi connectivity index (χ3n) is 3.14. The van der Waals surface area contributed by atoms with Gasteiger partial charge in [0.2, 0.25) is 5.91 Å². The molecule has 2 unspecified atom stereocenters. The van der Waals surface area contributed by atoms with Gasteiger partial charge in [-0.05, 0) is 24.6 Å². The van der Waals surface area contributed by atoms with Crippen LogP contribution < -0.4 is 10.2 Å². The second kappa shape index (κ2) is 5.09. The van der Waals surface area contributed by atoms with Crippen molar-refractivity contribution < 1.29 is 14.7 Å². The van der Waals surface area contributed by atoms with Gasteiger partial charge in [0, 0.05) is 19.1 Å². The molecule has 1 amide bonds. The van der Waals surface area contributed by atoms with Crippen molar-refractivity contribution in [2.24, 2.45) is 11.8 Å². The van der Waals surface area contributed by atoms with Crippen molar-refractivity contribution in [3.63, 3.8) is 0 Å². The van der Waals surface area contributed by atoms with Crippen LogP contribution in [0.1, 0.15) is 6.42 Å². The molecule has 0 aliphatic heterocycles. The summed E-state index contributed by atoms with van der Waals surface area (Å²) in [7, 11) is 3.71. The summed E-state index contributed by atoms with van der Waals surface area (Å²) in [6.07, 6.45) is 0.402. The number of hydrogen-bond donors (Lipinski definition) is 2. The molecule has 0 heterocycles. The summed E-state index contributed by atoms with van der Waals surface area (Å²) in [4.78, 5) is 24.5. The lowest BCUT2D eigenvalue weighted by Gasteiger charge is -2.18. The highest BCUT2D eigenvalue weighted by Crippen LogP contribution is 2.40. The number of amides is 1. The van der Waals surface area contributed by atoms with Gasteiger partial charge in [0.05, 0.1) is 23.2 Å². The molecule has 0 radical (unpaired) electrons. The summed E-state index contributed by atoms with van der Waals surface area (Å²) in [5, 5.41) is 12.1. The molecule has 19 heavy (non-hydrogen) atoms. The maximum Gasteiger partial charge on any atom is 0.307 e. The number of anilines is 2. The molecule has 2 atom stereocenters. The Morgan fingerprint density at radius 2 is 2.05 bits per heavy atom. The van der Waals surface area contributed by atoms with Crippen molar-refractivity contribution in [3.05, 3.63) is 23.2 Å². The Morgan fingerprint density at radius 1 is 1.37 bits per heavy atom. The Kier molecular flexibility index (Phi) is 3.66. The highest BCUT2D eigenvalue weighted by Gasteiger charge is 2.48. The zero-order chi connectivity index (χ0) is 14.2. The molecular formula is C13H15ClN2O3. The zero-order valence-electron chi connectivity index (χ0n) is 10.7. The summed E-state index contributed by atoms with van der Waals surface area (Å²) >= 11 is 5.92. The fourth-order valence-electron chi connectivity index (χ4n) is 1.98. The molecule has 0 aromatic heterocycles. The monoisotopic (exact) mass is 282 g/mol. The smallest absolute Gasteiger partial charge is 0.307 e. The predicted molar refractivity (Wildman–Crippen MR) is 73.6 cm³/mol. The van der Waals surface area contributed by atoms with Crippen molar-refractivity contribution in [2.75, 3.05) is 24.3 Å². The van der Waals surface area contributed by atoms with E-state index in [1.807, 2.05) is 19.0 Å².